The van der Waals surface area contributed by atoms with Crippen LogP contribution in [0.1, 0.15) is 64.2 Å². The van der Waals surface area contributed by atoms with E-state index in [1.807, 2.05) is 19.9 Å². The molecule has 4 aliphatic rings. The Hall–Kier alpha value is -1.48. The zero-order chi connectivity index (χ0) is 18.5. The van der Waals surface area contributed by atoms with Crippen molar-refractivity contribution in [2.75, 3.05) is 20.2 Å². The molecule has 4 heterocycles. The van der Waals surface area contributed by atoms with E-state index >= 15 is 0 Å². The zero-order valence-corrected chi connectivity index (χ0v) is 17.0. The molecule has 0 radical (unpaired) electrons. The molecular weight excluding hydrogens is 322 g/mol. The summed E-state index contributed by atoms with van der Waals surface area (Å²) in [5.74, 6) is 4.40. The van der Waals surface area contributed by atoms with Gasteiger partial charge in [-0.05, 0) is 56.2 Å². The summed E-state index contributed by atoms with van der Waals surface area (Å²) in [4.78, 5) is 2.80. The number of methoxy groups -OCH3 is 1. The summed E-state index contributed by atoms with van der Waals surface area (Å²) in [6.07, 6.45) is 5.09. The largest absolute Gasteiger partial charge is 0.497 e. The van der Waals surface area contributed by atoms with Crippen molar-refractivity contribution in [1.29, 1.82) is 0 Å². The Kier molecular flexibility index (Phi) is 4.54. The van der Waals surface area contributed by atoms with Crippen molar-refractivity contribution in [3.8, 4) is 5.75 Å². The highest BCUT2D eigenvalue weighted by atomic mass is 16.5. The van der Waals surface area contributed by atoms with Crippen LogP contribution in [0.15, 0.2) is 22.6 Å². The van der Waals surface area contributed by atoms with Crippen LogP contribution in [0.2, 0.25) is 0 Å². The zero-order valence-electron chi connectivity index (χ0n) is 17.0. The van der Waals surface area contributed by atoms with Crippen molar-refractivity contribution >= 4 is 11.0 Å². The van der Waals surface area contributed by atoms with Gasteiger partial charge in [0, 0.05) is 35.5 Å². The van der Waals surface area contributed by atoms with Gasteiger partial charge in [0.1, 0.15) is 17.1 Å². The van der Waals surface area contributed by atoms with E-state index in [0.29, 0.717) is 5.92 Å². The molecule has 2 saturated heterocycles. The fourth-order valence-corrected chi connectivity index (χ4v) is 6.07. The van der Waals surface area contributed by atoms with Gasteiger partial charge in [0.25, 0.3) is 0 Å². The number of benzene rings is 1. The molecule has 6 rings (SSSR count). The van der Waals surface area contributed by atoms with E-state index in [1.165, 1.54) is 49.1 Å². The van der Waals surface area contributed by atoms with E-state index < -0.39 is 0 Å². The lowest BCUT2D eigenvalue weighted by Gasteiger charge is -2.60. The van der Waals surface area contributed by atoms with E-state index in [4.69, 9.17) is 9.15 Å². The Bertz CT molecular complexity index is 795. The van der Waals surface area contributed by atoms with Crippen LogP contribution in [-0.2, 0) is 6.42 Å². The van der Waals surface area contributed by atoms with E-state index in [1.54, 1.807) is 7.11 Å². The molecule has 0 spiro atoms. The maximum absolute atomic E-state index is 6.48. The van der Waals surface area contributed by atoms with Crippen molar-refractivity contribution in [2.24, 2.45) is 11.8 Å². The van der Waals surface area contributed by atoms with Gasteiger partial charge in [-0.15, -0.1) is 0 Å². The van der Waals surface area contributed by atoms with E-state index in [0.717, 1.165) is 29.6 Å². The minimum Gasteiger partial charge on any atom is -0.497 e. The highest BCUT2D eigenvalue weighted by Crippen LogP contribution is 2.58. The highest BCUT2D eigenvalue weighted by Gasteiger charge is 2.57. The Morgan fingerprint density at radius 2 is 2.08 bits per heavy atom. The molecule has 3 heteroatoms. The number of ether oxygens (including phenoxy) is 1. The van der Waals surface area contributed by atoms with E-state index in [9.17, 15) is 0 Å². The summed E-state index contributed by atoms with van der Waals surface area (Å²) < 4.78 is 11.9. The normalized spacial score (nSPS) is 34.7. The number of hydrogen-bond acceptors (Lipinski definition) is 3. The van der Waals surface area contributed by atoms with E-state index in [2.05, 4.69) is 30.9 Å². The monoisotopic (exact) mass is 355 g/mol. The standard InChI is InChI=1S/C21H27NO2.C2H6/c1-4-14-9-13-10-18-20-16(7-8-22(12-13)21(14,18)2)17-11-15(23-3)5-6-19(17)24-20;1-2/h5-6,11,13-14,18H,4,7-10,12H2,1-3H3;1-2H3. The second-order valence-electron chi connectivity index (χ2n) is 8.22. The minimum atomic E-state index is 0.271. The molecule has 1 aliphatic carbocycles. The second kappa shape index (κ2) is 6.60. The molecule has 26 heavy (non-hydrogen) atoms. The van der Waals surface area contributed by atoms with Crippen LogP contribution >= 0.6 is 0 Å². The fraction of sp³-hybridized carbons (Fsp3) is 0.652. The lowest BCUT2D eigenvalue weighted by Crippen LogP contribution is -2.64. The van der Waals surface area contributed by atoms with E-state index in [-0.39, 0.29) is 5.54 Å². The molecule has 0 N–H and O–H groups in total. The molecule has 5 unspecified atom stereocenters. The molecule has 1 saturated carbocycles. The predicted octanol–water partition coefficient (Wildman–Crippen LogP) is 5.62. The summed E-state index contributed by atoms with van der Waals surface area (Å²) in [7, 11) is 1.74. The molecule has 5 atom stereocenters. The van der Waals surface area contributed by atoms with Crippen molar-refractivity contribution in [3.63, 3.8) is 0 Å². The van der Waals surface area contributed by atoms with Crippen LogP contribution in [-0.4, -0.2) is 30.6 Å². The molecule has 3 nitrogen and oxygen atoms in total. The first-order valence-corrected chi connectivity index (χ1v) is 10.5. The molecule has 2 aromatic rings. The maximum atomic E-state index is 6.48. The number of rotatable bonds is 2. The average molecular weight is 356 g/mol. The summed E-state index contributed by atoms with van der Waals surface area (Å²) in [5.41, 5.74) is 2.75. The number of nitrogens with zero attached hydrogens (tertiary/aromatic N) is 1. The molecule has 142 valence electrons. The Labute approximate surface area is 157 Å². The quantitative estimate of drug-likeness (QED) is 0.699. The fourth-order valence-electron chi connectivity index (χ4n) is 6.07. The number of fused-ring (bicyclic) bond motifs is 4. The van der Waals surface area contributed by atoms with Crippen LogP contribution in [0, 0.1) is 11.8 Å². The number of furan rings is 1. The van der Waals surface area contributed by atoms with Crippen LogP contribution in [0.25, 0.3) is 11.0 Å². The molecule has 3 aliphatic heterocycles. The lowest BCUT2D eigenvalue weighted by molar-refractivity contribution is -0.0877. The topological polar surface area (TPSA) is 25.6 Å². The Morgan fingerprint density at radius 3 is 2.81 bits per heavy atom. The molecule has 3 fully saturated rings. The van der Waals surface area contributed by atoms with Gasteiger partial charge < -0.3 is 9.15 Å². The predicted molar refractivity (Wildman–Crippen MR) is 107 cm³/mol. The molecule has 0 amide bonds. The number of hydrogen-bond donors (Lipinski definition) is 0. The van der Waals surface area contributed by atoms with Gasteiger partial charge >= 0.3 is 0 Å². The van der Waals surface area contributed by atoms with Crippen molar-refractivity contribution in [3.05, 3.63) is 29.5 Å². The lowest BCUT2D eigenvalue weighted by atomic mass is 9.57. The third kappa shape index (κ3) is 2.36. The van der Waals surface area contributed by atoms with Crippen molar-refractivity contribution in [2.45, 2.75) is 64.8 Å². The van der Waals surface area contributed by atoms with Gasteiger partial charge in [-0.3, -0.25) is 4.90 Å². The first kappa shape index (κ1) is 17.9. The second-order valence-corrected chi connectivity index (χ2v) is 8.22. The van der Waals surface area contributed by atoms with Gasteiger partial charge in [0.05, 0.1) is 7.11 Å². The molecule has 4 bridgehead atoms. The van der Waals surface area contributed by atoms with Gasteiger partial charge in [0.15, 0.2) is 0 Å². The summed E-state index contributed by atoms with van der Waals surface area (Å²) in [6, 6.07) is 6.27. The highest BCUT2D eigenvalue weighted by molar-refractivity contribution is 5.84. The summed E-state index contributed by atoms with van der Waals surface area (Å²) in [6.45, 7) is 11.3. The first-order valence-electron chi connectivity index (χ1n) is 10.5. The Balaban J connectivity index is 0.000000814. The van der Waals surface area contributed by atoms with Crippen LogP contribution < -0.4 is 4.74 Å². The van der Waals surface area contributed by atoms with Crippen LogP contribution in [0.5, 0.6) is 5.75 Å². The third-order valence-electron chi connectivity index (χ3n) is 7.35. The third-order valence-corrected chi connectivity index (χ3v) is 7.35. The first-order chi connectivity index (χ1) is 12.6. The smallest absolute Gasteiger partial charge is 0.134 e. The van der Waals surface area contributed by atoms with Gasteiger partial charge in [0.2, 0.25) is 0 Å². The molecular formula is C23H33NO2. The van der Waals surface area contributed by atoms with Crippen molar-refractivity contribution in [1.82, 2.24) is 4.90 Å². The molecule has 1 aromatic carbocycles. The maximum Gasteiger partial charge on any atom is 0.134 e. The van der Waals surface area contributed by atoms with Crippen LogP contribution in [0.4, 0.5) is 0 Å². The minimum absolute atomic E-state index is 0.271. The Morgan fingerprint density at radius 1 is 1.27 bits per heavy atom. The summed E-state index contributed by atoms with van der Waals surface area (Å²) in [5, 5.41) is 1.27. The van der Waals surface area contributed by atoms with Crippen molar-refractivity contribution < 1.29 is 9.15 Å². The van der Waals surface area contributed by atoms with Gasteiger partial charge in [-0.1, -0.05) is 27.2 Å². The average Bonchev–Trinajstić information content (AvgIpc) is 3.02. The van der Waals surface area contributed by atoms with Gasteiger partial charge in [-0.2, -0.15) is 0 Å². The SMILES string of the molecule is CC.CCC1CC2CC3c4oc5ccc(OC)cc5c4CCN(C2)C13C. The molecule has 1 aromatic heterocycles. The summed E-state index contributed by atoms with van der Waals surface area (Å²) >= 11 is 0. The van der Waals surface area contributed by atoms with Crippen LogP contribution in [0.3, 0.4) is 0 Å². The number of piperidine rings is 2. The van der Waals surface area contributed by atoms with Gasteiger partial charge in [-0.25, -0.2) is 0 Å².